The Morgan fingerprint density at radius 3 is 1.38 bits per heavy atom. The first-order chi connectivity index (χ1) is 15.6. The molecule has 4 aromatic carbocycles. The van der Waals surface area contributed by atoms with Gasteiger partial charge in [0.1, 0.15) is 0 Å². The van der Waals surface area contributed by atoms with E-state index < -0.39 is 0 Å². The highest BCUT2D eigenvalue weighted by atomic mass is 16.2. The van der Waals surface area contributed by atoms with Crippen molar-refractivity contribution in [3.63, 3.8) is 0 Å². The van der Waals surface area contributed by atoms with Crippen LogP contribution in [-0.2, 0) is 13.1 Å². The fourth-order valence-corrected chi connectivity index (χ4v) is 4.02. The van der Waals surface area contributed by atoms with Crippen molar-refractivity contribution >= 4 is 6.03 Å². The SMILES string of the molecule is Cc1c(CNC(=O)NCc2cccc(-c3ccccc3)c2C)cccc1-c1ccccc1. The van der Waals surface area contributed by atoms with Crippen molar-refractivity contribution in [3.05, 3.63) is 119 Å². The van der Waals surface area contributed by atoms with Gasteiger partial charge in [0.15, 0.2) is 0 Å². The second-order valence-corrected chi connectivity index (χ2v) is 7.95. The number of hydrogen-bond donors (Lipinski definition) is 2. The molecule has 0 bridgehead atoms. The molecule has 0 aromatic heterocycles. The highest BCUT2D eigenvalue weighted by Crippen LogP contribution is 2.26. The maximum absolute atomic E-state index is 12.5. The summed E-state index contributed by atoms with van der Waals surface area (Å²) in [6, 6.07) is 32.9. The topological polar surface area (TPSA) is 41.1 Å². The number of amides is 2. The van der Waals surface area contributed by atoms with E-state index in [0.717, 1.165) is 11.1 Å². The number of hydrogen-bond acceptors (Lipinski definition) is 1. The zero-order valence-electron chi connectivity index (χ0n) is 18.6. The smallest absolute Gasteiger partial charge is 0.315 e. The Morgan fingerprint density at radius 2 is 0.969 bits per heavy atom. The van der Waals surface area contributed by atoms with Gasteiger partial charge < -0.3 is 10.6 Å². The van der Waals surface area contributed by atoms with E-state index in [0.29, 0.717) is 13.1 Å². The predicted molar refractivity (Wildman–Crippen MR) is 132 cm³/mol. The molecule has 160 valence electrons. The molecule has 3 heteroatoms. The minimum Gasteiger partial charge on any atom is -0.334 e. The van der Waals surface area contributed by atoms with Crippen molar-refractivity contribution in [1.29, 1.82) is 0 Å². The summed E-state index contributed by atoms with van der Waals surface area (Å²) in [5, 5.41) is 6.01. The third-order valence-corrected chi connectivity index (χ3v) is 5.94. The number of urea groups is 1. The van der Waals surface area contributed by atoms with Crippen molar-refractivity contribution in [2.24, 2.45) is 0 Å². The Kier molecular flexibility index (Phi) is 6.66. The standard InChI is InChI=1S/C29H28N2O/c1-21-25(15-9-17-27(21)23-11-5-3-6-12-23)19-30-29(32)31-20-26-16-10-18-28(22(26)2)24-13-7-4-8-14-24/h3-18H,19-20H2,1-2H3,(H2,30,31,32). The molecule has 2 amide bonds. The van der Waals surface area contributed by atoms with E-state index in [4.69, 9.17) is 0 Å². The summed E-state index contributed by atoms with van der Waals surface area (Å²) in [4.78, 5) is 12.5. The molecular weight excluding hydrogens is 392 g/mol. The second kappa shape index (κ2) is 9.97. The second-order valence-electron chi connectivity index (χ2n) is 7.95. The van der Waals surface area contributed by atoms with Crippen LogP contribution in [0.4, 0.5) is 4.79 Å². The van der Waals surface area contributed by atoms with Crippen LogP contribution in [0.2, 0.25) is 0 Å². The fraction of sp³-hybridized carbons (Fsp3) is 0.138. The largest absolute Gasteiger partial charge is 0.334 e. The van der Waals surface area contributed by atoms with Crippen molar-refractivity contribution in [2.75, 3.05) is 0 Å². The van der Waals surface area contributed by atoms with Gasteiger partial charge in [-0.3, -0.25) is 0 Å². The number of carbonyl (C=O) groups excluding carboxylic acids is 1. The van der Waals surface area contributed by atoms with E-state index in [1.807, 2.05) is 48.5 Å². The molecule has 0 fully saturated rings. The molecule has 0 saturated carbocycles. The van der Waals surface area contributed by atoms with Crippen LogP contribution in [0, 0.1) is 13.8 Å². The highest BCUT2D eigenvalue weighted by Gasteiger charge is 2.09. The van der Waals surface area contributed by atoms with Crippen molar-refractivity contribution < 1.29 is 4.79 Å². The summed E-state index contributed by atoms with van der Waals surface area (Å²) in [6.07, 6.45) is 0. The van der Waals surface area contributed by atoms with Gasteiger partial charge in [-0.25, -0.2) is 4.79 Å². The van der Waals surface area contributed by atoms with Crippen LogP contribution in [0.1, 0.15) is 22.3 Å². The first-order valence-corrected chi connectivity index (χ1v) is 10.9. The molecule has 3 nitrogen and oxygen atoms in total. The average Bonchev–Trinajstić information content (AvgIpc) is 2.84. The lowest BCUT2D eigenvalue weighted by Gasteiger charge is -2.15. The fourth-order valence-electron chi connectivity index (χ4n) is 4.02. The van der Waals surface area contributed by atoms with Gasteiger partial charge in [0, 0.05) is 13.1 Å². The summed E-state index contributed by atoms with van der Waals surface area (Å²) >= 11 is 0. The molecule has 4 rings (SSSR count). The van der Waals surface area contributed by atoms with Crippen LogP contribution in [-0.4, -0.2) is 6.03 Å². The highest BCUT2D eigenvalue weighted by molar-refractivity contribution is 5.75. The summed E-state index contributed by atoms with van der Waals surface area (Å²) in [5.41, 5.74) is 9.36. The third kappa shape index (κ3) is 4.89. The summed E-state index contributed by atoms with van der Waals surface area (Å²) < 4.78 is 0. The lowest BCUT2D eigenvalue weighted by molar-refractivity contribution is 0.240. The maximum atomic E-state index is 12.5. The molecule has 0 aliphatic heterocycles. The quantitative estimate of drug-likeness (QED) is 0.361. The van der Waals surface area contributed by atoms with Gasteiger partial charge in [-0.15, -0.1) is 0 Å². The zero-order valence-corrected chi connectivity index (χ0v) is 18.6. The van der Waals surface area contributed by atoms with Gasteiger partial charge in [-0.1, -0.05) is 97.1 Å². The van der Waals surface area contributed by atoms with Crippen LogP contribution in [0.15, 0.2) is 97.1 Å². The van der Waals surface area contributed by atoms with E-state index >= 15 is 0 Å². The van der Waals surface area contributed by atoms with Crippen molar-refractivity contribution in [3.8, 4) is 22.3 Å². The molecule has 0 radical (unpaired) electrons. The molecule has 0 atom stereocenters. The van der Waals surface area contributed by atoms with E-state index in [1.165, 1.54) is 33.4 Å². The Hall–Kier alpha value is -3.85. The van der Waals surface area contributed by atoms with Gasteiger partial charge >= 0.3 is 6.03 Å². The summed E-state index contributed by atoms with van der Waals surface area (Å²) in [5.74, 6) is 0. The maximum Gasteiger partial charge on any atom is 0.315 e. The van der Waals surface area contributed by atoms with Crippen LogP contribution in [0.3, 0.4) is 0 Å². The van der Waals surface area contributed by atoms with Crippen LogP contribution in [0.5, 0.6) is 0 Å². The van der Waals surface area contributed by atoms with Gasteiger partial charge in [-0.2, -0.15) is 0 Å². The first kappa shape index (κ1) is 21.4. The predicted octanol–water partition coefficient (Wildman–Crippen LogP) is 6.64. The molecule has 0 unspecified atom stereocenters. The van der Waals surface area contributed by atoms with Crippen LogP contribution in [0.25, 0.3) is 22.3 Å². The van der Waals surface area contributed by atoms with Gasteiger partial charge in [0.05, 0.1) is 0 Å². The van der Waals surface area contributed by atoms with Crippen molar-refractivity contribution in [1.82, 2.24) is 10.6 Å². The van der Waals surface area contributed by atoms with Gasteiger partial charge in [0.25, 0.3) is 0 Å². The summed E-state index contributed by atoms with van der Waals surface area (Å²) in [6.45, 7) is 5.19. The van der Waals surface area contributed by atoms with Crippen molar-refractivity contribution in [2.45, 2.75) is 26.9 Å². The molecule has 32 heavy (non-hydrogen) atoms. The minimum atomic E-state index is -0.168. The number of rotatable bonds is 6. The molecular formula is C29H28N2O. The zero-order chi connectivity index (χ0) is 22.3. The average molecular weight is 421 g/mol. The number of nitrogens with one attached hydrogen (secondary N) is 2. The summed E-state index contributed by atoms with van der Waals surface area (Å²) in [7, 11) is 0. The normalized spacial score (nSPS) is 10.6. The van der Waals surface area contributed by atoms with Gasteiger partial charge in [0.2, 0.25) is 0 Å². The monoisotopic (exact) mass is 420 g/mol. The molecule has 2 N–H and O–H groups in total. The van der Waals surface area contributed by atoms with E-state index in [1.54, 1.807) is 0 Å². The lowest BCUT2D eigenvalue weighted by atomic mass is 9.96. The molecule has 0 spiro atoms. The molecule has 0 aliphatic rings. The van der Waals surface area contributed by atoms with E-state index in [2.05, 4.69) is 73.0 Å². The Labute approximate surface area is 190 Å². The number of carbonyl (C=O) groups is 1. The van der Waals surface area contributed by atoms with E-state index in [9.17, 15) is 4.79 Å². The first-order valence-electron chi connectivity index (χ1n) is 10.9. The number of benzene rings is 4. The Morgan fingerprint density at radius 1 is 0.562 bits per heavy atom. The Bertz CT molecular complexity index is 1110. The third-order valence-electron chi connectivity index (χ3n) is 5.94. The Balaban J connectivity index is 1.39. The van der Waals surface area contributed by atoms with Crippen LogP contribution < -0.4 is 10.6 Å². The molecule has 4 aromatic rings. The minimum absolute atomic E-state index is 0.168. The van der Waals surface area contributed by atoms with Crippen LogP contribution >= 0.6 is 0 Å². The molecule has 0 aliphatic carbocycles. The lowest BCUT2D eigenvalue weighted by Crippen LogP contribution is -2.34. The molecule has 0 heterocycles. The molecule has 0 saturated heterocycles. The van der Waals surface area contributed by atoms with E-state index in [-0.39, 0.29) is 6.03 Å². The van der Waals surface area contributed by atoms with Gasteiger partial charge in [-0.05, 0) is 58.4 Å².